The standard InChI is InChI=1S/C26H32F4O2/c1-2-16-6-8-17(9-7-16)18-10-12-21-19(14-18)4-3-5-22(21)25(31)32-20-11-13-23(24(27)15-20)26(28,29)30/h2,11,13,15-19,21-22H,1,3-10,12,14H2. The minimum Gasteiger partial charge on any atom is -0.426 e. The van der Waals surface area contributed by atoms with Crippen molar-refractivity contribution in [2.45, 2.75) is 70.4 Å². The van der Waals surface area contributed by atoms with Crippen molar-refractivity contribution in [3.8, 4) is 5.75 Å². The van der Waals surface area contributed by atoms with E-state index in [1.807, 2.05) is 0 Å². The van der Waals surface area contributed by atoms with Crippen molar-refractivity contribution in [2.75, 3.05) is 0 Å². The molecule has 0 bridgehead atoms. The highest BCUT2D eigenvalue weighted by atomic mass is 19.4. The molecule has 3 aliphatic rings. The number of ether oxygens (including phenoxy) is 1. The highest BCUT2D eigenvalue weighted by Crippen LogP contribution is 2.50. The Morgan fingerprint density at radius 1 is 0.969 bits per heavy atom. The summed E-state index contributed by atoms with van der Waals surface area (Å²) in [6, 6.07) is 2.33. The highest BCUT2D eigenvalue weighted by molar-refractivity contribution is 5.75. The largest absolute Gasteiger partial charge is 0.426 e. The maximum absolute atomic E-state index is 13.9. The van der Waals surface area contributed by atoms with Crippen molar-refractivity contribution in [1.29, 1.82) is 0 Å². The molecule has 0 heterocycles. The Bertz CT molecular complexity index is 826. The number of carbonyl (C=O) groups excluding carboxylic acids is 1. The number of esters is 1. The van der Waals surface area contributed by atoms with Crippen molar-refractivity contribution in [3.63, 3.8) is 0 Å². The molecular weight excluding hydrogens is 420 g/mol. The molecule has 0 saturated heterocycles. The quantitative estimate of drug-likeness (QED) is 0.204. The first-order valence-electron chi connectivity index (χ1n) is 12.0. The predicted molar refractivity (Wildman–Crippen MR) is 114 cm³/mol. The monoisotopic (exact) mass is 452 g/mol. The maximum Gasteiger partial charge on any atom is 0.419 e. The number of carbonyl (C=O) groups is 1. The van der Waals surface area contributed by atoms with Crippen molar-refractivity contribution >= 4 is 5.97 Å². The average Bonchev–Trinajstić information content (AvgIpc) is 2.77. The summed E-state index contributed by atoms with van der Waals surface area (Å²) in [6.07, 6.45) is 8.42. The summed E-state index contributed by atoms with van der Waals surface area (Å²) >= 11 is 0. The van der Waals surface area contributed by atoms with Crippen LogP contribution in [0, 0.1) is 41.3 Å². The first kappa shape index (κ1) is 23.3. The van der Waals surface area contributed by atoms with Crippen LogP contribution >= 0.6 is 0 Å². The Labute approximate surface area is 187 Å². The van der Waals surface area contributed by atoms with E-state index >= 15 is 0 Å². The van der Waals surface area contributed by atoms with E-state index in [2.05, 4.69) is 12.7 Å². The summed E-state index contributed by atoms with van der Waals surface area (Å²) in [5.41, 5.74) is -1.35. The van der Waals surface area contributed by atoms with Crippen molar-refractivity contribution in [3.05, 3.63) is 42.2 Å². The molecule has 4 rings (SSSR count). The topological polar surface area (TPSA) is 26.3 Å². The first-order valence-corrected chi connectivity index (χ1v) is 12.0. The van der Waals surface area contributed by atoms with Crippen LogP contribution in [0.15, 0.2) is 30.9 Å². The number of alkyl halides is 3. The number of allylic oxidation sites excluding steroid dienone is 1. The summed E-state index contributed by atoms with van der Waals surface area (Å²) in [6.45, 7) is 3.94. The van der Waals surface area contributed by atoms with Crippen molar-refractivity contribution in [1.82, 2.24) is 0 Å². The van der Waals surface area contributed by atoms with Gasteiger partial charge in [0.05, 0.1) is 11.5 Å². The van der Waals surface area contributed by atoms with Gasteiger partial charge in [-0.2, -0.15) is 13.2 Å². The zero-order chi connectivity index (χ0) is 22.9. The molecule has 0 N–H and O–H groups in total. The summed E-state index contributed by atoms with van der Waals surface area (Å²) < 4.78 is 57.5. The van der Waals surface area contributed by atoms with Crippen molar-refractivity contribution in [2.24, 2.45) is 35.5 Å². The molecule has 3 aliphatic carbocycles. The van der Waals surface area contributed by atoms with Gasteiger partial charge in [-0.3, -0.25) is 4.79 Å². The second kappa shape index (κ2) is 9.56. The molecule has 4 unspecified atom stereocenters. The average molecular weight is 453 g/mol. The van der Waals surface area contributed by atoms with E-state index in [1.165, 1.54) is 25.7 Å². The highest BCUT2D eigenvalue weighted by Gasteiger charge is 2.43. The Morgan fingerprint density at radius 2 is 1.69 bits per heavy atom. The minimum atomic E-state index is -4.77. The maximum atomic E-state index is 13.9. The van der Waals surface area contributed by atoms with Crippen LogP contribution in [0.4, 0.5) is 17.6 Å². The third kappa shape index (κ3) is 5.04. The normalized spacial score (nSPS) is 33.2. The molecule has 4 atom stereocenters. The van der Waals surface area contributed by atoms with Gasteiger partial charge >= 0.3 is 12.1 Å². The van der Waals surface area contributed by atoms with E-state index in [-0.39, 0.29) is 17.6 Å². The third-order valence-electron chi connectivity index (χ3n) is 8.27. The lowest BCUT2D eigenvalue weighted by Crippen LogP contribution is -2.40. The summed E-state index contributed by atoms with van der Waals surface area (Å²) in [7, 11) is 0. The molecule has 1 aromatic carbocycles. The van der Waals surface area contributed by atoms with E-state index in [1.54, 1.807) is 0 Å². The molecular formula is C26H32F4O2. The van der Waals surface area contributed by atoms with Crippen LogP contribution in [-0.2, 0) is 11.0 Å². The second-order valence-electron chi connectivity index (χ2n) is 10.0. The molecule has 0 aliphatic heterocycles. The van der Waals surface area contributed by atoms with E-state index in [0.29, 0.717) is 24.0 Å². The van der Waals surface area contributed by atoms with Gasteiger partial charge in [0, 0.05) is 6.07 Å². The lowest BCUT2D eigenvalue weighted by atomic mass is 9.59. The Morgan fingerprint density at radius 3 is 2.34 bits per heavy atom. The van der Waals surface area contributed by atoms with E-state index in [4.69, 9.17) is 4.74 Å². The van der Waals surface area contributed by atoms with Crippen LogP contribution in [0.1, 0.15) is 69.8 Å². The molecule has 0 spiro atoms. The molecule has 0 aromatic heterocycles. The van der Waals surface area contributed by atoms with Gasteiger partial charge in [-0.25, -0.2) is 4.39 Å². The van der Waals surface area contributed by atoms with Crippen molar-refractivity contribution < 1.29 is 27.1 Å². The minimum absolute atomic E-state index is 0.157. The molecule has 176 valence electrons. The number of fused-ring (bicyclic) bond motifs is 1. The van der Waals surface area contributed by atoms with Gasteiger partial charge in [0.25, 0.3) is 0 Å². The number of hydrogen-bond acceptors (Lipinski definition) is 2. The van der Waals surface area contributed by atoms with E-state index in [0.717, 1.165) is 56.4 Å². The molecule has 1 aromatic rings. The predicted octanol–water partition coefficient (Wildman–Crippen LogP) is 7.57. The molecule has 2 nitrogen and oxygen atoms in total. The lowest BCUT2D eigenvalue weighted by Gasteiger charge is -2.45. The molecule has 3 fully saturated rings. The molecule has 32 heavy (non-hydrogen) atoms. The number of benzene rings is 1. The number of halogens is 4. The Kier molecular flexibility index (Phi) is 6.97. The van der Waals surface area contributed by atoms with Gasteiger partial charge < -0.3 is 4.74 Å². The van der Waals surface area contributed by atoms with Crippen LogP contribution in [0.5, 0.6) is 5.75 Å². The van der Waals surface area contributed by atoms with E-state index in [9.17, 15) is 22.4 Å². The zero-order valence-corrected chi connectivity index (χ0v) is 18.4. The Hall–Kier alpha value is -1.85. The fourth-order valence-corrected chi connectivity index (χ4v) is 6.55. The van der Waals surface area contributed by atoms with Gasteiger partial charge in [0.2, 0.25) is 0 Å². The van der Waals surface area contributed by atoms with Gasteiger partial charge in [-0.15, -0.1) is 6.58 Å². The first-order chi connectivity index (χ1) is 15.3. The molecule has 6 heteroatoms. The lowest BCUT2D eigenvalue weighted by molar-refractivity contribution is -0.144. The van der Waals surface area contributed by atoms with Gasteiger partial charge in [0.15, 0.2) is 0 Å². The fourth-order valence-electron chi connectivity index (χ4n) is 6.55. The van der Waals surface area contributed by atoms with Crippen LogP contribution in [0.2, 0.25) is 0 Å². The van der Waals surface area contributed by atoms with Crippen LogP contribution in [0.3, 0.4) is 0 Å². The summed E-state index contributed by atoms with van der Waals surface area (Å²) in [5.74, 6) is 0.659. The van der Waals surface area contributed by atoms with Gasteiger partial charge in [-0.05, 0) is 93.1 Å². The number of rotatable bonds is 4. The molecule has 0 amide bonds. The third-order valence-corrected chi connectivity index (χ3v) is 8.27. The van der Waals surface area contributed by atoms with Crippen LogP contribution in [-0.4, -0.2) is 5.97 Å². The SMILES string of the molecule is C=CC1CCC(C2CCC3C(CCCC3C(=O)Oc3ccc(C(F)(F)F)c(F)c3)C2)CC1. The zero-order valence-electron chi connectivity index (χ0n) is 18.4. The van der Waals surface area contributed by atoms with Crippen LogP contribution in [0.25, 0.3) is 0 Å². The fraction of sp³-hybridized carbons (Fsp3) is 0.654. The second-order valence-corrected chi connectivity index (χ2v) is 10.0. The van der Waals surface area contributed by atoms with Gasteiger partial charge in [0.1, 0.15) is 11.6 Å². The molecule has 3 saturated carbocycles. The summed E-state index contributed by atoms with van der Waals surface area (Å²) in [4.78, 5) is 12.9. The van der Waals surface area contributed by atoms with Crippen LogP contribution < -0.4 is 4.74 Å². The Balaban J connectivity index is 1.37. The smallest absolute Gasteiger partial charge is 0.419 e. The molecule has 0 radical (unpaired) electrons. The van der Waals surface area contributed by atoms with E-state index < -0.39 is 23.5 Å². The summed E-state index contributed by atoms with van der Waals surface area (Å²) in [5, 5.41) is 0. The van der Waals surface area contributed by atoms with Gasteiger partial charge in [-0.1, -0.05) is 18.9 Å². The number of hydrogen-bond donors (Lipinski definition) is 0.